The molecule has 0 saturated carbocycles. The molecule has 0 amide bonds. The Morgan fingerprint density at radius 2 is 2.00 bits per heavy atom. The highest BCUT2D eigenvalue weighted by Gasteiger charge is 2.47. The summed E-state index contributed by atoms with van der Waals surface area (Å²) in [4.78, 5) is 19.6. The maximum absolute atomic E-state index is 15.0. The number of piperazine rings is 1. The van der Waals surface area contributed by atoms with Gasteiger partial charge in [0, 0.05) is 55.1 Å². The number of imidazole rings is 1. The van der Waals surface area contributed by atoms with Crippen LogP contribution in [0, 0.1) is 18.2 Å². The van der Waals surface area contributed by atoms with Crippen molar-refractivity contribution >= 4 is 33.3 Å². The van der Waals surface area contributed by atoms with Crippen LogP contribution in [0.25, 0.3) is 38.6 Å². The molecule has 4 saturated heterocycles. The number of fused-ring (bicyclic) bond motifs is 7. The van der Waals surface area contributed by atoms with E-state index in [-0.39, 0.29) is 11.1 Å². The first-order chi connectivity index (χ1) is 22.5. The number of hydrogen-bond acceptors (Lipinski definition) is 7. The second-order valence-corrected chi connectivity index (χ2v) is 13.2. The number of halogens is 2. The second kappa shape index (κ2) is 10.5. The van der Waals surface area contributed by atoms with Crippen LogP contribution in [0.1, 0.15) is 37.7 Å². The van der Waals surface area contributed by atoms with Gasteiger partial charge < -0.3 is 15.0 Å². The van der Waals surface area contributed by atoms with Crippen molar-refractivity contribution in [1.29, 1.82) is 0 Å². The normalized spacial score (nSPS) is 25.2. The fourth-order valence-corrected chi connectivity index (χ4v) is 8.48. The molecule has 4 aliphatic rings. The van der Waals surface area contributed by atoms with Crippen LogP contribution < -0.4 is 15.0 Å². The van der Waals surface area contributed by atoms with Crippen molar-refractivity contribution in [2.75, 3.05) is 37.7 Å². The fraction of sp³-hybridized carbons (Fsp3) is 0.361. The summed E-state index contributed by atoms with van der Waals surface area (Å²) in [6.07, 6.45) is 15.2. The van der Waals surface area contributed by atoms with Crippen LogP contribution >= 0.6 is 0 Å². The lowest BCUT2D eigenvalue weighted by Crippen LogP contribution is -2.51. The maximum atomic E-state index is 15.0. The SMILES string of the molecule is C#Cc1c(F)ccc2cccc(-c3cc4nc(OC[C@@]56CCCN5C/C(=C\F)C6)nc(N5C[C@H]6CC[C@@H](C5)N6)c4n4ccnc34)c12. The Morgan fingerprint density at radius 3 is 2.83 bits per heavy atom. The van der Waals surface area contributed by atoms with Crippen molar-refractivity contribution in [2.45, 2.75) is 49.7 Å². The molecule has 2 aromatic carbocycles. The number of rotatable bonds is 5. The molecule has 8 nitrogen and oxygen atoms in total. The van der Waals surface area contributed by atoms with Crippen LogP contribution in [0.5, 0.6) is 6.01 Å². The lowest BCUT2D eigenvalue weighted by Gasteiger charge is -2.34. The Bertz CT molecular complexity index is 2110. The van der Waals surface area contributed by atoms with Crippen molar-refractivity contribution in [3.05, 3.63) is 72.1 Å². The number of nitrogens with one attached hydrogen (secondary N) is 1. The Balaban J connectivity index is 1.23. The first-order valence-corrected chi connectivity index (χ1v) is 16.1. The second-order valence-electron chi connectivity index (χ2n) is 13.2. The molecule has 10 heteroatoms. The van der Waals surface area contributed by atoms with Gasteiger partial charge in [0.25, 0.3) is 0 Å². The van der Waals surface area contributed by atoms with Gasteiger partial charge >= 0.3 is 6.01 Å². The largest absolute Gasteiger partial charge is 0.461 e. The van der Waals surface area contributed by atoms with Crippen LogP contribution in [0.4, 0.5) is 14.6 Å². The average molecular weight is 618 g/mol. The summed E-state index contributed by atoms with van der Waals surface area (Å²) in [5, 5.41) is 5.23. The van der Waals surface area contributed by atoms with Crippen molar-refractivity contribution in [2.24, 2.45) is 0 Å². The van der Waals surface area contributed by atoms with Crippen molar-refractivity contribution < 1.29 is 13.5 Å². The predicted molar refractivity (Wildman–Crippen MR) is 174 cm³/mol. The van der Waals surface area contributed by atoms with E-state index in [4.69, 9.17) is 26.1 Å². The summed E-state index contributed by atoms with van der Waals surface area (Å²) in [5.74, 6) is 2.95. The first-order valence-electron chi connectivity index (χ1n) is 16.1. The number of pyridine rings is 1. The quantitative estimate of drug-likeness (QED) is 0.257. The number of aromatic nitrogens is 4. The van der Waals surface area contributed by atoms with E-state index in [0.29, 0.717) is 54.2 Å². The monoisotopic (exact) mass is 617 g/mol. The minimum absolute atomic E-state index is 0.222. The third kappa shape index (κ3) is 4.22. The van der Waals surface area contributed by atoms with E-state index >= 15 is 4.39 Å². The summed E-state index contributed by atoms with van der Waals surface area (Å²) in [5.41, 5.74) is 4.60. The average Bonchev–Trinajstić information content (AvgIpc) is 3.86. The zero-order chi connectivity index (χ0) is 31.0. The Hall–Kier alpha value is -4.59. The molecule has 3 atom stereocenters. The molecule has 4 aliphatic heterocycles. The van der Waals surface area contributed by atoms with Gasteiger partial charge in [0.05, 0.1) is 22.9 Å². The van der Waals surface area contributed by atoms with E-state index in [1.54, 1.807) is 12.3 Å². The molecule has 4 fully saturated rings. The lowest BCUT2D eigenvalue weighted by molar-refractivity contribution is 0.108. The Morgan fingerprint density at radius 1 is 1.13 bits per heavy atom. The lowest BCUT2D eigenvalue weighted by atomic mass is 9.94. The van der Waals surface area contributed by atoms with Crippen LogP contribution in [0.15, 0.2) is 60.7 Å². The maximum Gasteiger partial charge on any atom is 0.319 e. The molecule has 1 N–H and O–H groups in total. The van der Waals surface area contributed by atoms with Crippen molar-refractivity contribution in [3.63, 3.8) is 0 Å². The van der Waals surface area contributed by atoms with Gasteiger partial charge in [0.15, 0.2) is 5.82 Å². The first kappa shape index (κ1) is 27.7. The Kier molecular flexibility index (Phi) is 6.31. The van der Waals surface area contributed by atoms with Gasteiger partial charge in [-0.25, -0.2) is 13.8 Å². The molecule has 5 aromatic rings. The van der Waals surface area contributed by atoms with Crippen molar-refractivity contribution in [1.82, 2.24) is 29.6 Å². The van der Waals surface area contributed by atoms with E-state index in [2.05, 4.69) is 21.0 Å². The van der Waals surface area contributed by atoms with Gasteiger partial charge in [0.1, 0.15) is 23.6 Å². The van der Waals surface area contributed by atoms with Gasteiger partial charge in [-0.15, -0.1) is 6.42 Å². The zero-order valence-electron chi connectivity index (χ0n) is 25.3. The van der Waals surface area contributed by atoms with E-state index < -0.39 is 5.82 Å². The molecule has 232 valence electrons. The highest BCUT2D eigenvalue weighted by Crippen LogP contribution is 2.42. The fourth-order valence-electron chi connectivity index (χ4n) is 8.48. The number of ether oxygens (including phenoxy) is 1. The number of terminal acetylenes is 1. The molecule has 46 heavy (non-hydrogen) atoms. The summed E-state index contributed by atoms with van der Waals surface area (Å²) < 4.78 is 37.1. The van der Waals surface area contributed by atoms with Gasteiger partial charge in [-0.2, -0.15) is 9.97 Å². The Labute approximate surface area is 265 Å². The number of benzene rings is 2. The smallest absolute Gasteiger partial charge is 0.319 e. The molecule has 0 radical (unpaired) electrons. The predicted octanol–water partition coefficient (Wildman–Crippen LogP) is 5.63. The van der Waals surface area contributed by atoms with Gasteiger partial charge in [-0.1, -0.05) is 30.2 Å². The number of nitrogens with zero attached hydrogens (tertiary/aromatic N) is 6. The minimum Gasteiger partial charge on any atom is -0.461 e. The summed E-state index contributed by atoms with van der Waals surface area (Å²) in [6, 6.07) is 12.1. The third-order valence-electron chi connectivity index (χ3n) is 10.5. The molecule has 3 aromatic heterocycles. The molecule has 9 rings (SSSR count). The molecular formula is C36H33F2N7O. The number of hydrogen-bond donors (Lipinski definition) is 1. The van der Waals surface area contributed by atoms with Crippen LogP contribution in [0.2, 0.25) is 0 Å². The van der Waals surface area contributed by atoms with Gasteiger partial charge in [-0.3, -0.25) is 9.30 Å². The highest BCUT2D eigenvalue weighted by molar-refractivity contribution is 6.05. The number of anilines is 1. The highest BCUT2D eigenvalue weighted by atomic mass is 19.1. The topological polar surface area (TPSA) is 70.8 Å². The van der Waals surface area contributed by atoms with E-state index in [1.807, 2.05) is 34.9 Å². The molecule has 7 heterocycles. The molecule has 0 spiro atoms. The van der Waals surface area contributed by atoms with Gasteiger partial charge in [-0.05, 0) is 67.3 Å². The molecule has 2 bridgehead atoms. The van der Waals surface area contributed by atoms with E-state index in [1.165, 1.54) is 6.07 Å². The van der Waals surface area contributed by atoms with Crippen LogP contribution in [-0.2, 0) is 0 Å². The van der Waals surface area contributed by atoms with E-state index in [0.717, 1.165) is 85.1 Å². The zero-order valence-corrected chi connectivity index (χ0v) is 25.3. The molecular weight excluding hydrogens is 584 g/mol. The van der Waals surface area contributed by atoms with E-state index in [9.17, 15) is 4.39 Å². The minimum atomic E-state index is -0.436. The van der Waals surface area contributed by atoms with Crippen molar-refractivity contribution in [3.8, 4) is 29.5 Å². The summed E-state index contributed by atoms with van der Waals surface area (Å²) in [7, 11) is 0. The summed E-state index contributed by atoms with van der Waals surface area (Å²) >= 11 is 0. The standard InChI is InChI=1S/C36H33F2N7O/c1-2-26-29(38)10-7-23-5-3-6-27(31(23)26)28-15-30-32(45-14-12-39-33(28)45)34(43-19-24-8-9-25(20-43)40-24)42-35(41-30)46-21-36-11-4-13-44(36)18-22(16-36)17-37/h1,3,5-7,10,12,14-15,17,24-25,40H,4,8-9,11,13,16,18-21H2/b22-17-/t24-,25+,36-/m0/s1. The molecule has 0 unspecified atom stereocenters. The summed E-state index contributed by atoms with van der Waals surface area (Å²) in [6.45, 7) is 3.62. The van der Waals surface area contributed by atoms with Crippen LogP contribution in [0.3, 0.4) is 0 Å². The molecule has 0 aliphatic carbocycles. The van der Waals surface area contributed by atoms with Crippen LogP contribution in [-0.4, -0.2) is 74.7 Å². The third-order valence-corrected chi connectivity index (χ3v) is 10.5. The van der Waals surface area contributed by atoms with Gasteiger partial charge in [0.2, 0.25) is 0 Å².